The van der Waals surface area contributed by atoms with Crippen molar-refractivity contribution in [3.63, 3.8) is 0 Å². The van der Waals surface area contributed by atoms with Gasteiger partial charge < -0.3 is 9.64 Å². The molecule has 1 fully saturated rings. The first-order valence-corrected chi connectivity index (χ1v) is 7.16. The SMILES string of the molecule is O=C(c1ccc(F)cc1F)N1CCOC(c2ccc(F)cc2)C1. The first-order chi connectivity index (χ1) is 11.0. The number of ether oxygens (including phenoxy) is 1. The van der Waals surface area contributed by atoms with Gasteiger partial charge in [-0.1, -0.05) is 12.1 Å². The molecule has 23 heavy (non-hydrogen) atoms. The number of halogens is 3. The average molecular weight is 321 g/mol. The quantitative estimate of drug-likeness (QED) is 0.849. The Balaban J connectivity index is 1.77. The van der Waals surface area contributed by atoms with Gasteiger partial charge in [0, 0.05) is 12.6 Å². The van der Waals surface area contributed by atoms with Crippen molar-refractivity contribution in [2.75, 3.05) is 19.7 Å². The number of carbonyl (C=O) groups excluding carboxylic acids is 1. The topological polar surface area (TPSA) is 29.5 Å². The maximum atomic E-state index is 13.8. The van der Waals surface area contributed by atoms with Crippen LogP contribution in [0.1, 0.15) is 22.0 Å². The highest BCUT2D eigenvalue weighted by Gasteiger charge is 2.27. The molecule has 0 aromatic heterocycles. The maximum absolute atomic E-state index is 13.8. The molecule has 2 aromatic carbocycles. The van der Waals surface area contributed by atoms with Crippen LogP contribution in [0.3, 0.4) is 0 Å². The summed E-state index contributed by atoms with van der Waals surface area (Å²) in [6, 6.07) is 8.69. The molecule has 3 rings (SSSR count). The Labute approximate surface area is 131 Å². The molecule has 1 unspecified atom stereocenters. The van der Waals surface area contributed by atoms with Gasteiger partial charge in [-0.05, 0) is 29.8 Å². The van der Waals surface area contributed by atoms with E-state index in [1.807, 2.05) is 0 Å². The van der Waals surface area contributed by atoms with Crippen molar-refractivity contribution in [1.29, 1.82) is 0 Å². The zero-order valence-corrected chi connectivity index (χ0v) is 12.1. The van der Waals surface area contributed by atoms with Crippen molar-refractivity contribution in [3.05, 3.63) is 71.0 Å². The molecule has 1 aliphatic rings. The highest BCUT2D eigenvalue weighted by molar-refractivity contribution is 5.94. The Kier molecular flexibility index (Phi) is 4.34. The number of rotatable bonds is 2. The standard InChI is InChI=1S/C17H14F3NO2/c18-12-3-1-11(2-4-12)16-10-21(7-8-23-16)17(22)14-6-5-13(19)9-15(14)20/h1-6,9,16H,7-8,10H2. The monoisotopic (exact) mass is 321 g/mol. The second-order valence-corrected chi connectivity index (χ2v) is 5.29. The van der Waals surface area contributed by atoms with Crippen LogP contribution in [0, 0.1) is 17.5 Å². The van der Waals surface area contributed by atoms with Gasteiger partial charge in [0.05, 0.1) is 18.7 Å². The Morgan fingerprint density at radius 3 is 2.43 bits per heavy atom. The van der Waals surface area contributed by atoms with Crippen LogP contribution < -0.4 is 0 Å². The molecule has 1 heterocycles. The molecule has 1 amide bonds. The van der Waals surface area contributed by atoms with E-state index in [4.69, 9.17) is 4.74 Å². The summed E-state index contributed by atoms with van der Waals surface area (Å²) < 4.78 is 45.3. The van der Waals surface area contributed by atoms with E-state index in [0.717, 1.165) is 17.7 Å². The summed E-state index contributed by atoms with van der Waals surface area (Å²) in [5.74, 6) is -2.49. The fraction of sp³-hybridized carbons (Fsp3) is 0.235. The molecule has 6 heteroatoms. The summed E-state index contributed by atoms with van der Waals surface area (Å²) >= 11 is 0. The van der Waals surface area contributed by atoms with Crippen LogP contribution in [0.2, 0.25) is 0 Å². The van der Waals surface area contributed by atoms with Crippen molar-refractivity contribution in [1.82, 2.24) is 4.90 Å². The van der Waals surface area contributed by atoms with Gasteiger partial charge in [0.1, 0.15) is 23.6 Å². The molecule has 0 saturated carbocycles. The van der Waals surface area contributed by atoms with Gasteiger partial charge in [-0.3, -0.25) is 4.79 Å². The number of hydrogen-bond donors (Lipinski definition) is 0. The number of carbonyl (C=O) groups is 1. The average Bonchev–Trinajstić information content (AvgIpc) is 2.55. The van der Waals surface area contributed by atoms with E-state index < -0.39 is 23.6 Å². The third-order valence-corrected chi connectivity index (χ3v) is 3.76. The Morgan fingerprint density at radius 1 is 1.04 bits per heavy atom. The summed E-state index contributed by atoms with van der Waals surface area (Å²) in [4.78, 5) is 13.9. The lowest BCUT2D eigenvalue weighted by atomic mass is 10.1. The number of amides is 1. The minimum absolute atomic E-state index is 0.175. The van der Waals surface area contributed by atoms with Gasteiger partial charge in [0.15, 0.2) is 0 Å². The highest BCUT2D eigenvalue weighted by atomic mass is 19.1. The lowest BCUT2D eigenvalue weighted by Crippen LogP contribution is -2.42. The van der Waals surface area contributed by atoms with E-state index in [1.165, 1.54) is 17.0 Å². The van der Waals surface area contributed by atoms with Crippen LogP contribution in [-0.2, 0) is 4.74 Å². The number of morpholine rings is 1. The third kappa shape index (κ3) is 3.37. The fourth-order valence-corrected chi connectivity index (χ4v) is 2.55. The van der Waals surface area contributed by atoms with Crippen molar-refractivity contribution in [2.24, 2.45) is 0 Å². The Hall–Kier alpha value is -2.34. The molecular formula is C17H14F3NO2. The van der Waals surface area contributed by atoms with E-state index in [1.54, 1.807) is 12.1 Å². The van der Waals surface area contributed by atoms with Gasteiger partial charge in [-0.25, -0.2) is 13.2 Å². The van der Waals surface area contributed by atoms with E-state index in [-0.39, 0.29) is 24.5 Å². The molecular weight excluding hydrogens is 307 g/mol. The van der Waals surface area contributed by atoms with Crippen molar-refractivity contribution in [3.8, 4) is 0 Å². The van der Waals surface area contributed by atoms with E-state index >= 15 is 0 Å². The molecule has 0 N–H and O–H groups in total. The zero-order chi connectivity index (χ0) is 16.4. The molecule has 0 spiro atoms. The Morgan fingerprint density at radius 2 is 1.74 bits per heavy atom. The molecule has 1 atom stereocenters. The van der Waals surface area contributed by atoms with Crippen LogP contribution in [0.15, 0.2) is 42.5 Å². The highest BCUT2D eigenvalue weighted by Crippen LogP contribution is 2.24. The molecule has 1 saturated heterocycles. The number of hydrogen-bond acceptors (Lipinski definition) is 2. The lowest BCUT2D eigenvalue weighted by molar-refractivity contribution is -0.0230. The van der Waals surface area contributed by atoms with E-state index in [2.05, 4.69) is 0 Å². The van der Waals surface area contributed by atoms with Crippen molar-refractivity contribution >= 4 is 5.91 Å². The van der Waals surface area contributed by atoms with Gasteiger partial charge in [0.25, 0.3) is 5.91 Å². The van der Waals surface area contributed by atoms with E-state index in [9.17, 15) is 18.0 Å². The van der Waals surface area contributed by atoms with Gasteiger partial charge in [0.2, 0.25) is 0 Å². The largest absolute Gasteiger partial charge is 0.370 e. The Bertz CT molecular complexity index is 718. The number of nitrogens with zero attached hydrogens (tertiary/aromatic N) is 1. The minimum atomic E-state index is -0.889. The van der Waals surface area contributed by atoms with Crippen molar-refractivity contribution in [2.45, 2.75) is 6.10 Å². The summed E-state index contributed by atoms with van der Waals surface area (Å²) in [6.07, 6.45) is -0.406. The second kappa shape index (κ2) is 6.42. The van der Waals surface area contributed by atoms with Crippen LogP contribution in [-0.4, -0.2) is 30.5 Å². The fourth-order valence-electron chi connectivity index (χ4n) is 2.55. The molecule has 2 aromatic rings. The molecule has 0 aliphatic carbocycles. The number of benzene rings is 2. The summed E-state index contributed by atoms with van der Waals surface area (Å²) in [5.41, 5.74) is 0.564. The maximum Gasteiger partial charge on any atom is 0.257 e. The summed E-state index contributed by atoms with van der Waals surface area (Å²) in [5, 5.41) is 0. The first-order valence-electron chi connectivity index (χ1n) is 7.16. The van der Waals surface area contributed by atoms with Crippen LogP contribution in [0.5, 0.6) is 0 Å². The van der Waals surface area contributed by atoms with Gasteiger partial charge >= 0.3 is 0 Å². The van der Waals surface area contributed by atoms with Gasteiger partial charge in [-0.2, -0.15) is 0 Å². The normalized spacial score (nSPS) is 18.0. The summed E-state index contributed by atoms with van der Waals surface area (Å²) in [6.45, 7) is 0.825. The van der Waals surface area contributed by atoms with Crippen LogP contribution >= 0.6 is 0 Å². The van der Waals surface area contributed by atoms with Crippen LogP contribution in [0.25, 0.3) is 0 Å². The molecule has 3 nitrogen and oxygen atoms in total. The lowest BCUT2D eigenvalue weighted by Gasteiger charge is -2.33. The molecule has 0 radical (unpaired) electrons. The predicted octanol–water partition coefficient (Wildman–Crippen LogP) is 3.32. The summed E-state index contributed by atoms with van der Waals surface area (Å²) in [7, 11) is 0. The zero-order valence-electron chi connectivity index (χ0n) is 12.1. The van der Waals surface area contributed by atoms with E-state index in [0.29, 0.717) is 12.6 Å². The minimum Gasteiger partial charge on any atom is -0.370 e. The second-order valence-electron chi connectivity index (χ2n) is 5.29. The van der Waals surface area contributed by atoms with Crippen molar-refractivity contribution < 1.29 is 22.7 Å². The van der Waals surface area contributed by atoms with Gasteiger partial charge in [-0.15, -0.1) is 0 Å². The van der Waals surface area contributed by atoms with Crippen LogP contribution in [0.4, 0.5) is 13.2 Å². The smallest absolute Gasteiger partial charge is 0.257 e. The third-order valence-electron chi connectivity index (χ3n) is 3.76. The molecule has 1 aliphatic heterocycles. The predicted molar refractivity (Wildman–Crippen MR) is 77.4 cm³/mol. The molecule has 0 bridgehead atoms. The molecule has 120 valence electrons. The first kappa shape index (κ1) is 15.6.